The number of guanidine groups is 1. The van der Waals surface area contributed by atoms with Crippen molar-refractivity contribution >= 4 is 35.6 Å². The summed E-state index contributed by atoms with van der Waals surface area (Å²) in [5.41, 5.74) is 3.42. The van der Waals surface area contributed by atoms with Crippen LogP contribution in [0.25, 0.3) is 0 Å². The van der Waals surface area contributed by atoms with Crippen molar-refractivity contribution in [1.29, 1.82) is 0 Å². The van der Waals surface area contributed by atoms with Crippen LogP contribution in [0.15, 0.2) is 65.7 Å². The van der Waals surface area contributed by atoms with Gasteiger partial charge in [-0.1, -0.05) is 36.4 Å². The minimum atomic E-state index is -0.220. The molecule has 0 bridgehead atoms. The second-order valence-electron chi connectivity index (χ2n) is 6.22. The molecule has 0 fully saturated rings. The normalized spacial score (nSPS) is 13.4. The number of anilines is 1. The van der Waals surface area contributed by atoms with Crippen LogP contribution in [0.3, 0.4) is 0 Å². The molecule has 2 aromatic carbocycles. The molecular weight excluding hydrogens is 454 g/mol. The first-order valence-electron chi connectivity index (χ1n) is 9.00. The third-order valence-corrected chi connectivity index (χ3v) is 4.23. The summed E-state index contributed by atoms with van der Waals surface area (Å²) in [4.78, 5) is 6.99. The first-order chi connectivity index (χ1) is 12.7. The van der Waals surface area contributed by atoms with Crippen molar-refractivity contribution in [2.24, 2.45) is 4.99 Å². The van der Waals surface area contributed by atoms with E-state index in [1.54, 1.807) is 12.1 Å². The second-order valence-corrected chi connectivity index (χ2v) is 6.22. The monoisotopic (exact) mass is 480 g/mol. The van der Waals surface area contributed by atoms with Crippen LogP contribution in [-0.4, -0.2) is 25.6 Å². The van der Waals surface area contributed by atoms with Gasteiger partial charge in [0.2, 0.25) is 0 Å². The van der Waals surface area contributed by atoms with Gasteiger partial charge in [0.15, 0.2) is 5.96 Å². The molecule has 144 valence electrons. The molecule has 3 rings (SSSR count). The predicted molar refractivity (Wildman–Crippen MR) is 121 cm³/mol. The molecule has 6 heteroatoms. The van der Waals surface area contributed by atoms with Gasteiger partial charge in [-0.15, -0.1) is 24.0 Å². The lowest BCUT2D eigenvalue weighted by molar-refractivity contribution is 0.626. The largest absolute Gasteiger partial charge is 0.364 e. The van der Waals surface area contributed by atoms with E-state index in [0.717, 1.165) is 31.2 Å². The van der Waals surface area contributed by atoms with Gasteiger partial charge in [-0.25, -0.2) is 9.38 Å². The van der Waals surface area contributed by atoms with E-state index in [9.17, 15) is 4.39 Å². The van der Waals surface area contributed by atoms with Crippen LogP contribution < -0.4 is 15.5 Å². The summed E-state index contributed by atoms with van der Waals surface area (Å²) in [6.45, 7) is 5.97. The average molecular weight is 480 g/mol. The van der Waals surface area contributed by atoms with E-state index >= 15 is 0 Å². The van der Waals surface area contributed by atoms with Crippen LogP contribution in [0.5, 0.6) is 0 Å². The molecule has 1 heterocycles. The van der Waals surface area contributed by atoms with E-state index in [2.05, 4.69) is 56.9 Å². The van der Waals surface area contributed by atoms with Crippen LogP contribution in [0.4, 0.5) is 10.1 Å². The zero-order valence-corrected chi connectivity index (χ0v) is 17.8. The Morgan fingerprint density at radius 2 is 1.78 bits per heavy atom. The number of aliphatic imine (C=N–C) groups is 1. The zero-order valence-electron chi connectivity index (χ0n) is 15.5. The van der Waals surface area contributed by atoms with E-state index in [1.807, 2.05) is 6.92 Å². The molecule has 0 aliphatic carbocycles. The molecule has 1 aliphatic rings. The van der Waals surface area contributed by atoms with Crippen LogP contribution in [0, 0.1) is 5.82 Å². The fourth-order valence-corrected chi connectivity index (χ4v) is 2.84. The predicted octanol–water partition coefficient (Wildman–Crippen LogP) is 4.08. The summed E-state index contributed by atoms with van der Waals surface area (Å²) in [6, 6.07) is 15.0. The van der Waals surface area contributed by atoms with Gasteiger partial charge in [-0.3, -0.25) is 0 Å². The maximum Gasteiger partial charge on any atom is 0.191 e. The zero-order chi connectivity index (χ0) is 18.2. The highest BCUT2D eigenvalue weighted by Gasteiger charge is 2.07. The van der Waals surface area contributed by atoms with Crippen molar-refractivity contribution < 1.29 is 4.39 Å². The van der Waals surface area contributed by atoms with Gasteiger partial charge < -0.3 is 15.5 Å². The van der Waals surface area contributed by atoms with Crippen molar-refractivity contribution in [1.82, 2.24) is 10.6 Å². The lowest BCUT2D eigenvalue weighted by atomic mass is 10.2. The molecular formula is C21H26FIN4. The maximum absolute atomic E-state index is 13.0. The summed E-state index contributed by atoms with van der Waals surface area (Å²) in [7, 11) is 0. The highest BCUT2D eigenvalue weighted by molar-refractivity contribution is 14.0. The van der Waals surface area contributed by atoms with Crippen LogP contribution in [0.2, 0.25) is 0 Å². The molecule has 2 N–H and O–H groups in total. The average Bonchev–Trinajstić information content (AvgIpc) is 3.20. The second kappa shape index (κ2) is 10.9. The Kier molecular flexibility index (Phi) is 8.57. The molecule has 0 unspecified atom stereocenters. The number of rotatable bonds is 6. The number of halogens is 2. The fraction of sp³-hybridized carbons (Fsp3) is 0.286. The first-order valence-corrected chi connectivity index (χ1v) is 9.00. The van der Waals surface area contributed by atoms with E-state index < -0.39 is 0 Å². The van der Waals surface area contributed by atoms with E-state index in [4.69, 9.17) is 0 Å². The summed E-state index contributed by atoms with van der Waals surface area (Å²) < 4.78 is 13.0. The Balaban J connectivity index is 0.00000261. The highest BCUT2D eigenvalue weighted by atomic mass is 127. The number of hydrogen-bond acceptors (Lipinski definition) is 2. The molecule has 2 aromatic rings. The van der Waals surface area contributed by atoms with Crippen molar-refractivity contribution in [3.63, 3.8) is 0 Å². The summed E-state index contributed by atoms with van der Waals surface area (Å²) in [5, 5.41) is 6.54. The van der Waals surface area contributed by atoms with Gasteiger partial charge >= 0.3 is 0 Å². The van der Waals surface area contributed by atoms with Crippen molar-refractivity contribution in [3.8, 4) is 0 Å². The minimum absolute atomic E-state index is 0. The van der Waals surface area contributed by atoms with Crippen molar-refractivity contribution in [2.75, 3.05) is 24.5 Å². The molecule has 0 atom stereocenters. The smallest absolute Gasteiger partial charge is 0.191 e. The van der Waals surface area contributed by atoms with E-state index in [1.165, 1.54) is 23.4 Å². The molecule has 0 spiro atoms. The third-order valence-electron chi connectivity index (χ3n) is 4.23. The minimum Gasteiger partial charge on any atom is -0.364 e. The van der Waals surface area contributed by atoms with Crippen LogP contribution in [-0.2, 0) is 13.1 Å². The number of benzene rings is 2. The van der Waals surface area contributed by atoms with Crippen molar-refractivity contribution in [3.05, 3.63) is 77.6 Å². The molecule has 0 amide bonds. The van der Waals surface area contributed by atoms with Gasteiger partial charge in [-0.05, 0) is 42.3 Å². The van der Waals surface area contributed by atoms with E-state index in [0.29, 0.717) is 13.1 Å². The van der Waals surface area contributed by atoms with Crippen LogP contribution in [0.1, 0.15) is 18.1 Å². The molecule has 0 aromatic heterocycles. The Labute approximate surface area is 177 Å². The third kappa shape index (κ3) is 6.53. The van der Waals surface area contributed by atoms with Crippen LogP contribution >= 0.6 is 24.0 Å². The van der Waals surface area contributed by atoms with E-state index in [-0.39, 0.29) is 29.8 Å². The first kappa shape index (κ1) is 21.2. The topological polar surface area (TPSA) is 39.7 Å². The molecule has 27 heavy (non-hydrogen) atoms. The molecule has 4 nitrogen and oxygen atoms in total. The Morgan fingerprint density at radius 1 is 1.04 bits per heavy atom. The summed E-state index contributed by atoms with van der Waals surface area (Å²) in [5.74, 6) is 0.535. The summed E-state index contributed by atoms with van der Waals surface area (Å²) >= 11 is 0. The SMILES string of the molecule is CCNC(=NCc1cccc(N2CC=CC2)c1)NCc1ccc(F)cc1.I. The summed E-state index contributed by atoms with van der Waals surface area (Å²) in [6.07, 6.45) is 4.38. The molecule has 0 radical (unpaired) electrons. The molecule has 0 saturated carbocycles. The number of nitrogens with zero attached hydrogens (tertiary/aromatic N) is 2. The molecule has 1 aliphatic heterocycles. The quantitative estimate of drug-likeness (QED) is 0.284. The number of nitrogens with one attached hydrogen (secondary N) is 2. The van der Waals surface area contributed by atoms with Gasteiger partial charge in [0.1, 0.15) is 5.82 Å². The van der Waals surface area contributed by atoms with Gasteiger partial charge in [-0.2, -0.15) is 0 Å². The Bertz CT molecular complexity index is 766. The lowest BCUT2D eigenvalue weighted by Gasteiger charge is -2.18. The number of hydrogen-bond donors (Lipinski definition) is 2. The van der Waals surface area contributed by atoms with Gasteiger partial charge in [0.25, 0.3) is 0 Å². The fourth-order valence-electron chi connectivity index (χ4n) is 2.84. The Hall–Kier alpha value is -2.09. The molecule has 0 saturated heterocycles. The Morgan fingerprint density at radius 3 is 2.48 bits per heavy atom. The standard InChI is InChI=1S/C21H25FN4.HI/c1-2-23-21(24-15-17-8-10-19(22)11-9-17)25-16-18-6-5-7-20(14-18)26-12-3-4-13-26;/h3-11,14H,2,12-13,15-16H2,1H3,(H2,23,24,25);1H. The van der Waals surface area contributed by atoms with Gasteiger partial charge in [0.05, 0.1) is 6.54 Å². The van der Waals surface area contributed by atoms with Crippen molar-refractivity contribution in [2.45, 2.75) is 20.0 Å². The lowest BCUT2D eigenvalue weighted by Crippen LogP contribution is -2.36. The van der Waals surface area contributed by atoms with Gasteiger partial charge in [0, 0.05) is 31.9 Å². The highest BCUT2D eigenvalue weighted by Crippen LogP contribution is 2.18. The maximum atomic E-state index is 13.0.